The van der Waals surface area contributed by atoms with Crippen LogP contribution in [0.4, 0.5) is 0 Å². The van der Waals surface area contributed by atoms with E-state index in [1.807, 2.05) is 20.8 Å². The van der Waals surface area contributed by atoms with E-state index < -0.39 is 6.10 Å². The van der Waals surface area contributed by atoms with E-state index in [1.165, 1.54) is 0 Å². The normalized spacial score (nSPS) is 13.9. The highest BCUT2D eigenvalue weighted by Gasteiger charge is 2.13. The summed E-state index contributed by atoms with van der Waals surface area (Å²) in [7, 11) is 0. The fourth-order valence-electron chi connectivity index (χ4n) is 0.885. The van der Waals surface area contributed by atoms with Crippen LogP contribution in [-0.4, -0.2) is 42.4 Å². The molecule has 5 heteroatoms. The average Bonchev–Trinajstić information content (AvgIpc) is 2.07. The van der Waals surface area contributed by atoms with Gasteiger partial charge in [-0.2, -0.15) is 0 Å². The minimum Gasteiger partial charge on any atom is -0.389 e. The Balaban J connectivity index is 3.41. The summed E-state index contributed by atoms with van der Waals surface area (Å²) >= 11 is 0. The average molecular weight is 218 g/mol. The van der Waals surface area contributed by atoms with Crippen LogP contribution in [0.5, 0.6) is 0 Å². The third-order valence-electron chi connectivity index (χ3n) is 1.64. The number of primary amides is 1. The van der Waals surface area contributed by atoms with Gasteiger partial charge in [0, 0.05) is 19.5 Å². The summed E-state index contributed by atoms with van der Waals surface area (Å²) in [5.74, 6) is -0.345. The van der Waals surface area contributed by atoms with Gasteiger partial charge in [0.15, 0.2) is 0 Å². The summed E-state index contributed by atoms with van der Waals surface area (Å²) in [6.07, 6.45) is -0.274. The summed E-state index contributed by atoms with van der Waals surface area (Å²) in [5, 5.41) is 12.4. The lowest BCUT2D eigenvalue weighted by Gasteiger charge is -2.22. The molecule has 5 nitrogen and oxygen atoms in total. The maximum atomic E-state index is 10.4. The number of amides is 1. The van der Waals surface area contributed by atoms with Crippen molar-refractivity contribution in [3.05, 3.63) is 0 Å². The number of nitrogens with one attached hydrogen (secondary N) is 1. The Bertz CT molecular complexity index is 190. The third kappa shape index (κ3) is 11.3. The lowest BCUT2D eigenvalue weighted by Crippen LogP contribution is -2.35. The molecule has 1 amide bonds. The molecule has 0 fully saturated rings. The highest BCUT2D eigenvalue weighted by Crippen LogP contribution is 2.06. The molecule has 0 aromatic carbocycles. The van der Waals surface area contributed by atoms with Gasteiger partial charge in [-0.05, 0) is 20.8 Å². The van der Waals surface area contributed by atoms with Gasteiger partial charge >= 0.3 is 0 Å². The van der Waals surface area contributed by atoms with E-state index in [2.05, 4.69) is 5.32 Å². The van der Waals surface area contributed by atoms with Gasteiger partial charge in [0.25, 0.3) is 0 Å². The lowest BCUT2D eigenvalue weighted by atomic mass is 10.2. The second-order valence-electron chi connectivity index (χ2n) is 4.50. The van der Waals surface area contributed by atoms with Gasteiger partial charge < -0.3 is 20.9 Å². The Morgan fingerprint density at radius 1 is 1.53 bits per heavy atom. The molecule has 0 aliphatic heterocycles. The molecule has 1 atom stereocenters. The number of nitrogens with two attached hydrogens (primary N) is 1. The smallest absolute Gasteiger partial charge is 0.218 e. The standard InChI is InChI=1S/C10H22N2O3/c1-10(2,3)15-7-8(13)6-12-5-4-9(11)14/h8,12-13H,4-7H2,1-3H3,(H2,11,14). The summed E-state index contributed by atoms with van der Waals surface area (Å²) in [4.78, 5) is 10.4. The minimum atomic E-state index is -0.558. The van der Waals surface area contributed by atoms with Gasteiger partial charge in [-0.25, -0.2) is 0 Å². The molecular formula is C10H22N2O3. The van der Waals surface area contributed by atoms with Gasteiger partial charge in [-0.1, -0.05) is 0 Å². The van der Waals surface area contributed by atoms with Crippen molar-refractivity contribution >= 4 is 5.91 Å². The van der Waals surface area contributed by atoms with E-state index in [9.17, 15) is 9.90 Å². The SMILES string of the molecule is CC(C)(C)OCC(O)CNCCC(N)=O. The zero-order chi connectivity index (χ0) is 11.9. The molecular weight excluding hydrogens is 196 g/mol. The van der Waals surface area contributed by atoms with Crippen LogP contribution in [0, 0.1) is 0 Å². The number of aliphatic hydroxyl groups excluding tert-OH is 1. The molecule has 0 aromatic heterocycles. The number of carbonyl (C=O) groups excluding carboxylic acids is 1. The second-order valence-corrected chi connectivity index (χ2v) is 4.50. The molecule has 4 N–H and O–H groups in total. The van der Waals surface area contributed by atoms with E-state index in [4.69, 9.17) is 10.5 Å². The van der Waals surface area contributed by atoms with Crippen LogP contribution >= 0.6 is 0 Å². The van der Waals surface area contributed by atoms with E-state index in [0.29, 0.717) is 13.1 Å². The van der Waals surface area contributed by atoms with Crippen molar-refractivity contribution in [2.24, 2.45) is 5.73 Å². The second kappa shape index (κ2) is 6.76. The maximum absolute atomic E-state index is 10.4. The van der Waals surface area contributed by atoms with Crippen molar-refractivity contribution in [2.45, 2.75) is 38.9 Å². The van der Waals surface area contributed by atoms with Gasteiger partial charge in [-0.3, -0.25) is 4.79 Å². The highest BCUT2D eigenvalue weighted by molar-refractivity contribution is 5.73. The van der Waals surface area contributed by atoms with E-state index in [0.717, 1.165) is 0 Å². The molecule has 0 radical (unpaired) electrons. The first-order valence-electron chi connectivity index (χ1n) is 5.12. The summed E-state index contributed by atoms with van der Waals surface area (Å²) in [5.41, 5.74) is 4.72. The number of aliphatic hydroxyl groups is 1. The molecule has 0 bridgehead atoms. The van der Waals surface area contributed by atoms with E-state index >= 15 is 0 Å². The van der Waals surface area contributed by atoms with Crippen LogP contribution in [0.15, 0.2) is 0 Å². The van der Waals surface area contributed by atoms with Gasteiger partial charge in [0.1, 0.15) is 0 Å². The van der Waals surface area contributed by atoms with Crippen LogP contribution in [0.1, 0.15) is 27.2 Å². The van der Waals surface area contributed by atoms with Crippen molar-refractivity contribution in [1.29, 1.82) is 0 Å². The molecule has 0 aliphatic carbocycles. The topological polar surface area (TPSA) is 84.6 Å². The molecule has 0 aliphatic rings. The number of rotatable bonds is 7. The molecule has 0 spiro atoms. The van der Waals surface area contributed by atoms with Crippen molar-refractivity contribution < 1.29 is 14.6 Å². The van der Waals surface area contributed by atoms with E-state index in [-0.39, 0.29) is 24.5 Å². The zero-order valence-corrected chi connectivity index (χ0v) is 9.75. The first-order chi connectivity index (χ1) is 6.81. The molecule has 0 saturated carbocycles. The Morgan fingerprint density at radius 2 is 2.13 bits per heavy atom. The fourth-order valence-corrected chi connectivity index (χ4v) is 0.885. The number of ether oxygens (including phenoxy) is 1. The van der Waals surface area contributed by atoms with Crippen LogP contribution in [0.2, 0.25) is 0 Å². The van der Waals surface area contributed by atoms with Gasteiger partial charge in [-0.15, -0.1) is 0 Å². The zero-order valence-electron chi connectivity index (χ0n) is 9.75. The predicted octanol–water partition coefficient (Wildman–Crippen LogP) is -0.373. The maximum Gasteiger partial charge on any atom is 0.218 e. The third-order valence-corrected chi connectivity index (χ3v) is 1.64. The Labute approximate surface area is 91.0 Å². The van der Waals surface area contributed by atoms with Crippen LogP contribution in [0.3, 0.4) is 0 Å². The number of hydrogen-bond acceptors (Lipinski definition) is 4. The van der Waals surface area contributed by atoms with Crippen LogP contribution in [-0.2, 0) is 9.53 Å². The minimum absolute atomic E-state index is 0.242. The van der Waals surface area contributed by atoms with Crippen molar-refractivity contribution in [2.75, 3.05) is 19.7 Å². The Kier molecular flexibility index (Phi) is 6.47. The van der Waals surface area contributed by atoms with Crippen molar-refractivity contribution in [3.63, 3.8) is 0 Å². The molecule has 1 unspecified atom stereocenters. The predicted molar refractivity (Wildman–Crippen MR) is 58.4 cm³/mol. The van der Waals surface area contributed by atoms with Gasteiger partial charge in [0.2, 0.25) is 5.91 Å². The molecule has 0 saturated heterocycles. The van der Waals surface area contributed by atoms with Crippen LogP contribution in [0.25, 0.3) is 0 Å². The molecule has 0 heterocycles. The van der Waals surface area contributed by atoms with E-state index in [1.54, 1.807) is 0 Å². The number of hydrogen-bond donors (Lipinski definition) is 3. The number of carbonyl (C=O) groups is 1. The van der Waals surface area contributed by atoms with Crippen molar-refractivity contribution in [3.8, 4) is 0 Å². The first-order valence-corrected chi connectivity index (χ1v) is 5.12. The summed E-state index contributed by atoms with van der Waals surface area (Å²) < 4.78 is 5.39. The van der Waals surface area contributed by atoms with Gasteiger partial charge in [0.05, 0.1) is 18.3 Å². The summed E-state index contributed by atoms with van der Waals surface area (Å²) in [6.45, 7) is 6.97. The molecule has 0 rings (SSSR count). The van der Waals surface area contributed by atoms with Crippen molar-refractivity contribution in [1.82, 2.24) is 5.32 Å². The fraction of sp³-hybridized carbons (Fsp3) is 0.900. The monoisotopic (exact) mass is 218 g/mol. The molecule has 90 valence electrons. The van der Waals surface area contributed by atoms with Crippen LogP contribution < -0.4 is 11.1 Å². The molecule has 0 aromatic rings. The first kappa shape index (κ1) is 14.3. The molecule has 15 heavy (non-hydrogen) atoms. The highest BCUT2D eigenvalue weighted by atomic mass is 16.5. The summed E-state index contributed by atoms with van der Waals surface area (Å²) in [6, 6.07) is 0. The quantitative estimate of drug-likeness (QED) is 0.509. The lowest BCUT2D eigenvalue weighted by molar-refractivity contribution is -0.117. The Morgan fingerprint density at radius 3 is 2.60 bits per heavy atom. The Hall–Kier alpha value is -0.650. The largest absolute Gasteiger partial charge is 0.389 e.